The van der Waals surface area contributed by atoms with Gasteiger partial charge in [0.2, 0.25) is 0 Å². The topological polar surface area (TPSA) is 35.8 Å². The van der Waals surface area contributed by atoms with Gasteiger partial charge in [0.05, 0.1) is 6.21 Å². The molecule has 20 heavy (non-hydrogen) atoms. The van der Waals surface area contributed by atoms with E-state index in [4.69, 9.17) is 5.21 Å². The Morgan fingerprint density at radius 1 is 1.00 bits per heavy atom. The molecule has 2 rings (SSSR count). The third-order valence-corrected chi connectivity index (χ3v) is 2.98. The summed E-state index contributed by atoms with van der Waals surface area (Å²) in [7, 11) is 0. The fraction of sp³-hybridized carbons (Fsp3) is 0.312. The van der Waals surface area contributed by atoms with E-state index < -0.39 is 0 Å². The van der Waals surface area contributed by atoms with Gasteiger partial charge in [0.25, 0.3) is 0 Å². The van der Waals surface area contributed by atoms with E-state index in [0.717, 1.165) is 25.6 Å². The molecule has 2 aliphatic carbocycles. The van der Waals surface area contributed by atoms with Crippen molar-refractivity contribution in [3.05, 3.63) is 63.2 Å². The predicted octanol–water partition coefficient (Wildman–Crippen LogP) is 2.58. The Morgan fingerprint density at radius 2 is 1.55 bits per heavy atom. The summed E-state index contributed by atoms with van der Waals surface area (Å²) in [6, 6.07) is 0. The van der Waals surface area contributed by atoms with Crippen LogP contribution in [0.25, 0.3) is 0 Å². The van der Waals surface area contributed by atoms with Gasteiger partial charge >= 0.3 is 17.1 Å². The third-order valence-electron chi connectivity index (χ3n) is 2.98. The van der Waals surface area contributed by atoms with Crippen LogP contribution >= 0.6 is 0 Å². The fourth-order valence-corrected chi connectivity index (χ4v) is 1.81. The molecule has 0 atom stereocenters. The molecule has 2 saturated carbocycles. The van der Waals surface area contributed by atoms with E-state index in [0.29, 0.717) is 0 Å². The Morgan fingerprint density at radius 3 is 2.00 bits per heavy atom. The predicted molar refractivity (Wildman–Crippen MR) is 79.0 cm³/mol. The van der Waals surface area contributed by atoms with Crippen molar-refractivity contribution in [2.45, 2.75) is 13.8 Å². The van der Waals surface area contributed by atoms with E-state index in [-0.39, 0.29) is 17.1 Å². The molecule has 0 aromatic heterocycles. The smallest absolute Gasteiger partial charge is 0.411 e. The summed E-state index contributed by atoms with van der Waals surface area (Å²) in [6.45, 7) is 7.29. The molecule has 10 radical (unpaired) electrons. The van der Waals surface area contributed by atoms with Crippen molar-refractivity contribution >= 4 is 6.21 Å². The molecule has 0 spiro atoms. The maximum atomic E-state index is 8.47. The van der Waals surface area contributed by atoms with Gasteiger partial charge in [-0.2, -0.15) is 0 Å². The van der Waals surface area contributed by atoms with Gasteiger partial charge in [-0.3, -0.25) is 0 Å². The minimum Gasteiger partial charge on any atom is -0.411 e. The van der Waals surface area contributed by atoms with Crippen molar-refractivity contribution in [1.82, 2.24) is 4.90 Å². The maximum Gasteiger partial charge on any atom is 2.00 e. The van der Waals surface area contributed by atoms with Crippen LogP contribution in [0, 0.1) is 63.2 Å². The second-order valence-electron chi connectivity index (χ2n) is 4.17. The Bertz CT molecular complexity index is 233. The zero-order chi connectivity index (χ0) is 13.9. The summed E-state index contributed by atoms with van der Waals surface area (Å²) in [5, 5.41) is 11.5. The first-order valence-electron chi connectivity index (χ1n) is 6.62. The van der Waals surface area contributed by atoms with Crippen LogP contribution in [0.15, 0.2) is 5.16 Å². The summed E-state index contributed by atoms with van der Waals surface area (Å²) < 4.78 is 0. The van der Waals surface area contributed by atoms with E-state index in [9.17, 15) is 0 Å². The van der Waals surface area contributed by atoms with Crippen molar-refractivity contribution in [2.75, 3.05) is 19.6 Å². The SMILES string of the molecule is CCN(CC)C[C]1[CH][CH][CH][C]1/C=N/O.[CH]1[CH][CH][CH][CH]1.[Fe+2]. The largest absolute Gasteiger partial charge is 2.00 e. The quantitative estimate of drug-likeness (QED) is 0.366. The molecule has 0 aliphatic heterocycles. The van der Waals surface area contributed by atoms with E-state index >= 15 is 0 Å². The maximum absolute atomic E-state index is 8.47. The Hall–Kier alpha value is -0.0505. The van der Waals surface area contributed by atoms with Crippen molar-refractivity contribution in [2.24, 2.45) is 5.16 Å². The standard InChI is InChI=1S/C11H17N2O.C5H5.Fe/c1-3-13(4-2)9-11-7-5-6-10(11)8-12-14;1-2-4-5-3-1;/h5-8,14H,3-4,9H2,1-2H3;1-5H;/q;;+2/b12-8+;;. The zero-order valence-corrected chi connectivity index (χ0v) is 13.1. The average Bonchev–Trinajstić information content (AvgIpc) is 3.11. The van der Waals surface area contributed by atoms with Crippen molar-refractivity contribution in [3.63, 3.8) is 0 Å². The summed E-state index contributed by atoms with van der Waals surface area (Å²) in [5.74, 6) is 2.21. The van der Waals surface area contributed by atoms with Gasteiger partial charge in [-0.15, -0.1) is 5.16 Å². The molecule has 4 heteroatoms. The number of hydrogen-bond acceptors (Lipinski definition) is 3. The van der Waals surface area contributed by atoms with E-state index in [2.05, 4.69) is 30.3 Å². The minimum absolute atomic E-state index is 0. The summed E-state index contributed by atoms with van der Waals surface area (Å²) in [5.41, 5.74) is 0. The number of hydrogen-bond donors (Lipinski definition) is 1. The van der Waals surface area contributed by atoms with Crippen LogP contribution < -0.4 is 0 Å². The number of rotatable bonds is 5. The van der Waals surface area contributed by atoms with Gasteiger partial charge in [0.15, 0.2) is 0 Å². The van der Waals surface area contributed by atoms with Crippen LogP contribution in [0.5, 0.6) is 0 Å². The minimum atomic E-state index is 0. The van der Waals surface area contributed by atoms with Crippen LogP contribution in [0.2, 0.25) is 0 Å². The Balaban J connectivity index is 0.000000507. The molecule has 2 fully saturated rings. The second-order valence-corrected chi connectivity index (χ2v) is 4.17. The summed E-state index contributed by atoms with van der Waals surface area (Å²) >= 11 is 0. The Labute approximate surface area is 135 Å². The second kappa shape index (κ2) is 12.7. The molecule has 108 valence electrons. The Kier molecular flexibility index (Phi) is 12.6. The summed E-state index contributed by atoms with van der Waals surface area (Å²) in [6.07, 6.45) is 17.5. The molecule has 0 aromatic rings. The van der Waals surface area contributed by atoms with Crippen molar-refractivity contribution in [1.29, 1.82) is 0 Å². The third kappa shape index (κ3) is 7.66. The fourth-order valence-electron chi connectivity index (χ4n) is 1.81. The van der Waals surface area contributed by atoms with Gasteiger partial charge in [0.1, 0.15) is 0 Å². The van der Waals surface area contributed by atoms with Crippen LogP contribution in [0.4, 0.5) is 0 Å². The molecular weight excluding hydrogens is 292 g/mol. The van der Waals surface area contributed by atoms with E-state index in [1.165, 1.54) is 12.1 Å². The van der Waals surface area contributed by atoms with E-state index in [1.807, 2.05) is 44.9 Å². The molecule has 0 amide bonds. The molecule has 1 N–H and O–H groups in total. The first-order valence-corrected chi connectivity index (χ1v) is 6.62. The van der Waals surface area contributed by atoms with Gasteiger partial charge in [-0.05, 0) is 64.5 Å². The molecule has 0 aromatic carbocycles. The van der Waals surface area contributed by atoms with Gasteiger partial charge in [0, 0.05) is 18.4 Å². The van der Waals surface area contributed by atoms with Gasteiger partial charge in [-0.1, -0.05) is 13.8 Å². The molecule has 0 bridgehead atoms. The van der Waals surface area contributed by atoms with Crippen LogP contribution in [-0.2, 0) is 17.1 Å². The number of nitrogens with zero attached hydrogens (tertiary/aromatic N) is 2. The van der Waals surface area contributed by atoms with Gasteiger partial charge < -0.3 is 10.1 Å². The normalized spacial score (nSPS) is 20.1. The molecule has 0 saturated heterocycles. The van der Waals surface area contributed by atoms with Gasteiger partial charge in [-0.25, -0.2) is 0 Å². The average molecular weight is 314 g/mol. The van der Waals surface area contributed by atoms with Crippen molar-refractivity contribution in [3.8, 4) is 0 Å². The molecule has 2 aliphatic rings. The van der Waals surface area contributed by atoms with Crippen LogP contribution in [-0.4, -0.2) is 36.0 Å². The first kappa shape index (κ1) is 19.9. The molecule has 0 unspecified atom stereocenters. The van der Waals surface area contributed by atoms with Crippen LogP contribution in [0.3, 0.4) is 0 Å². The molecular formula is C16H22FeN2O+2. The zero-order valence-electron chi connectivity index (χ0n) is 12.0. The van der Waals surface area contributed by atoms with Crippen LogP contribution in [0.1, 0.15) is 13.8 Å². The van der Waals surface area contributed by atoms with E-state index in [1.54, 1.807) is 0 Å². The van der Waals surface area contributed by atoms with Crippen molar-refractivity contribution < 1.29 is 22.3 Å². The summed E-state index contributed by atoms with van der Waals surface area (Å²) in [4.78, 5) is 2.32. The first-order chi connectivity index (χ1) is 9.31. The number of oxime groups is 1. The monoisotopic (exact) mass is 314 g/mol. The molecule has 3 nitrogen and oxygen atoms in total. The molecule has 0 heterocycles.